The summed E-state index contributed by atoms with van der Waals surface area (Å²) in [5.41, 5.74) is 4.39. The van der Waals surface area contributed by atoms with Crippen LogP contribution in [0.15, 0.2) is 52.3 Å². The fraction of sp³-hybridized carbons (Fsp3) is 0.286. The van der Waals surface area contributed by atoms with Crippen LogP contribution in [0, 0.1) is 6.92 Å². The van der Waals surface area contributed by atoms with Gasteiger partial charge in [-0.3, -0.25) is 9.13 Å². The van der Waals surface area contributed by atoms with Gasteiger partial charge >= 0.3 is 5.69 Å². The van der Waals surface area contributed by atoms with Crippen LogP contribution in [0.3, 0.4) is 0 Å². The van der Waals surface area contributed by atoms with Crippen molar-refractivity contribution >= 4 is 32.0 Å². The smallest absolute Gasteiger partial charge is 0.328 e. The molecule has 2 aromatic carbocycles. The molecule has 2 aromatic heterocycles. The highest BCUT2D eigenvalue weighted by molar-refractivity contribution is 7.89. The highest BCUT2D eigenvalue weighted by Crippen LogP contribution is 2.23. The Morgan fingerprint density at radius 1 is 1.10 bits per heavy atom. The summed E-state index contributed by atoms with van der Waals surface area (Å²) < 4.78 is 31.6. The number of nitrogens with zero attached hydrogens (tertiary/aromatic N) is 2. The van der Waals surface area contributed by atoms with Gasteiger partial charge in [-0.1, -0.05) is 18.2 Å². The molecule has 0 amide bonds. The van der Waals surface area contributed by atoms with Gasteiger partial charge < -0.3 is 4.98 Å². The van der Waals surface area contributed by atoms with Gasteiger partial charge in [0.25, 0.3) is 0 Å². The number of imidazole rings is 1. The van der Waals surface area contributed by atoms with Crippen LogP contribution in [0.1, 0.15) is 18.1 Å². The third-order valence-corrected chi connectivity index (χ3v) is 7.03. The molecule has 0 saturated heterocycles. The average molecular weight is 413 g/mol. The van der Waals surface area contributed by atoms with Gasteiger partial charge in [-0.25, -0.2) is 17.9 Å². The summed E-state index contributed by atoms with van der Waals surface area (Å²) >= 11 is 0. The van der Waals surface area contributed by atoms with Crippen LogP contribution in [0.4, 0.5) is 0 Å². The van der Waals surface area contributed by atoms with E-state index < -0.39 is 10.0 Å². The van der Waals surface area contributed by atoms with Crippen LogP contribution in [0.25, 0.3) is 21.9 Å². The molecule has 1 atom stereocenters. The Balaban J connectivity index is 1.61. The maximum absolute atomic E-state index is 12.9. The van der Waals surface area contributed by atoms with Crippen molar-refractivity contribution in [2.24, 2.45) is 14.1 Å². The van der Waals surface area contributed by atoms with Gasteiger partial charge in [0.2, 0.25) is 10.0 Å². The summed E-state index contributed by atoms with van der Waals surface area (Å²) in [6.07, 6.45) is 2.50. The number of sulfonamides is 1. The Bertz CT molecular complexity index is 1390. The van der Waals surface area contributed by atoms with Crippen molar-refractivity contribution < 1.29 is 8.42 Å². The molecule has 0 aliphatic carbocycles. The predicted octanol–water partition coefficient (Wildman–Crippen LogP) is 2.58. The van der Waals surface area contributed by atoms with E-state index in [9.17, 15) is 13.2 Å². The van der Waals surface area contributed by atoms with Crippen LogP contribution in [0.2, 0.25) is 0 Å². The zero-order valence-electron chi connectivity index (χ0n) is 16.9. The molecule has 0 saturated carbocycles. The quantitative estimate of drug-likeness (QED) is 0.528. The molecule has 0 spiro atoms. The van der Waals surface area contributed by atoms with Gasteiger partial charge in [0.15, 0.2) is 0 Å². The van der Waals surface area contributed by atoms with Crippen molar-refractivity contribution in [3.8, 4) is 0 Å². The minimum Gasteiger partial charge on any atom is -0.361 e. The van der Waals surface area contributed by atoms with Crippen LogP contribution < -0.4 is 10.4 Å². The van der Waals surface area contributed by atoms with E-state index in [1.165, 1.54) is 15.2 Å². The highest BCUT2D eigenvalue weighted by Gasteiger charge is 2.20. The number of rotatable bonds is 5. The molecule has 0 bridgehead atoms. The molecule has 0 fully saturated rings. The number of benzene rings is 2. The normalized spacial score (nSPS) is 13.4. The van der Waals surface area contributed by atoms with Crippen molar-refractivity contribution in [3.05, 3.63) is 64.2 Å². The first-order valence-corrected chi connectivity index (χ1v) is 10.9. The maximum atomic E-state index is 12.9. The Kier molecular flexibility index (Phi) is 4.63. The van der Waals surface area contributed by atoms with E-state index in [-0.39, 0.29) is 16.6 Å². The first-order valence-electron chi connectivity index (χ1n) is 9.42. The van der Waals surface area contributed by atoms with E-state index in [0.717, 1.165) is 22.0 Å². The van der Waals surface area contributed by atoms with Gasteiger partial charge in [0.05, 0.1) is 15.9 Å². The fourth-order valence-corrected chi connectivity index (χ4v) is 5.15. The second-order valence-electron chi connectivity index (χ2n) is 7.59. The number of aromatic amines is 1. The van der Waals surface area contributed by atoms with Gasteiger partial charge in [-0.15, -0.1) is 0 Å². The first-order chi connectivity index (χ1) is 13.7. The largest absolute Gasteiger partial charge is 0.361 e. The van der Waals surface area contributed by atoms with E-state index in [4.69, 9.17) is 0 Å². The zero-order chi connectivity index (χ0) is 20.9. The molecule has 4 rings (SSSR count). The third-order valence-electron chi connectivity index (χ3n) is 5.45. The Labute approximate surface area is 169 Å². The number of aromatic nitrogens is 3. The maximum Gasteiger partial charge on any atom is 0.328 e. The molecule has 2 N–H and O–H groups in total. The summed E-state index contributed by atoms with van der Waals surface area (Å²) in [7, 11) is -0.417. The molecular formula is C21H24N4O3S. The molecule has 7 nitrogen and oxygen atoms in total. The number of hydrogen-bond donors (Lipinski definition) is 2. The zero-order valence-corrected chi connectivity index (χ0v) is 17.7. The molecule has 8 heteroatoms. The van der Waals surface area contributed by atoms with Crippen LogP contribution >= 0.6 is 0 Å². The summed E-state index contributed by atoms with van der Waals surface area (Å²) in [6, 6.07) is 10.5. The SMILES string of the molecule is Cc1cccc2c(C[C@H](C)NS(=O)(=O)c3ccc4c(c3)n(C)c(=O)n4C)c[nH]c12. The van der Waals surface area contributed by atoms with E-state index in [2.05, 4.69) is 9.71 Å². The van der Waals surface area contributed by atoms with Crippen molar-refractivity contribution in [2.75, 3.05) is 0 Å². The molecule has 152 valence electrons. The highest BCUT2D eigenvalue weighted by atomic mass is 32.2. The lowest BCUT2D eigenvalue weighted by Gasteiger charge is -2.14. The standard InChI is InChI=1S/C21H24N4O3S/c1-13-6-5-7-17-15(12-22-20(13)17)10-14(2)23-29(27,28)16-8-9-18-19(11-16)25(4)21(26)24(18)3/h5-9,11-12,14,22-23H,10H2,1-4H3/t14-/m0/s1. The van der Waals surface area contributed by atoms with E-state index in [0.29, 0.717) is 17.5 Å². The van der Waals surface area contributed by atoms with Crippen molar-refractivity contribution in [3.63, 3.8) is 0 Å². The van der Waals surface area contributed by atoms with E-state index in [1.54, 1.807) is 26.2 Å². The first kappa shape index (κ1) is 19.5. The topological polar surface area (TPSA) is 88.9 Å². The molecule has 29 heavy (non-hydrogen) atoms. The molecule has 4 aromatic rings. The van der Waals surface area contributed by atoms with Crippen molar-refractivity contribution in [1.29, 1.82) is 0 Å². The van der Waals surface area contributed by atoms with Crippen molar-refractivity contribution in [1.82, 2.24) is 18.8 Å². The van der Waals surface area contributed by atoms with Crippen LogP contribution in [-0.4, -0.2) is 28.6 Å². The monoisotopic (exact) mass is 412 g/mol. The van der Waals surface area contributed by atoms with E-state index in [1.807, 2.05) is 38.2 Å². The van der Waals surface area contributed by atoms with E-state index >= 15 is 0 Å². The number of H-pyrrole nitrogens is 1. The van der Waals surface area contributed by atoms with Crippen molar-refractivity contribution in [2.45, 2.75) is 31.2 Å². The summed E-state index contributed by atoms with van der Waals surface area (Å²) in [6.45, 7) is 3.89. The van der Waals surface area contributed by atoms with Gasteiger partial charge in [0.1, 0.15) is 0 Å². The second-order valence-corrected chi connectivity index (χ2v) is 9.30. The Hall–Kier alpha value is -2.84. The lowest BCUT2D eigenvalue weighted by molar-refractivity contribution is 0.560. The minimum absolute atomic E-state index is 0.146. The van der Waals surface area contributed by atoms with Crippen LogP contribution in [-0.2, 0) is 30.5 Å². The lowest BCUT2D eigenvalue weighted by atomic mass is 10.1. The third kappa shape index (κ3) is 3.28. The number of nitrogens with one attached hydrogen (secondary N) is 2. The molecule has 0 aliphatic heterocycles. The summed E-state index contributed by atoms with van der Waals surface area (Å²) in [5.74, 6) is 0. The number of para-hydroxylation sites is 1. The number of fused-ring (bicyclic) bond motifs is 2. The minimum atomic E-state index is -3.72. The lowest BCUT2D eigenvalue weighted by Crippen LogP contribution is -2.34. The second kappa shape index (κ2) is 6.89. The summed E-state index contributed by atoms with van der Waals surface area (Å²) in [4.78, 5) is 15.5. The Morgan fingerprint density at radius 2 is 1.83 bits per heavy atom. The predicted molar refractivity (Wildman–Crippen MR) is 115 cm³/mol. The number of hydrogen-bond acceptors (Lipinski definition) is 3. The molecule has 2 heterocycles. The fourth-order valence-electron chi connectivity index (χ4n) is 3.89. The van der Waals surface area contributed by atoms with Gasteiger partial charge in [0, 0.05) is 37.2 Å². The van der Waals surface area contributed by atoms with Crippen LogP contribution in [0.5, 0.6) is 0 Å². The van der Waals surface area contributed by atoms with Gasteiger partial charge in [-0.2, -0.15) is 0 Å². The Morgan fingerprint density at radius 3 is 2.59 bits per heavy atom. The summed E-state index contributed by atoms with van der Waals surface area (Å²) in [5, 5.41) is 1.11. The average Bonchev–Trinajstić information content (AvgIpc) is 3.17. The number of aryl methyl sites for hydroxylation is 3. The molecular weight excluding hydrogens is 388 g/mol. The molecule has 0 aliphatic rings. The van der Waals surface area contributed by atoms with Gasteiger partial charge in [-0.05, 0) is 49.6 Å². The molecule has 0 unspecified atom stereocenters. The molecule has 0 radical (unpaired) electrons.